The number of ether oxygens (including phenoxy) is 1. The summed E-state index contributed by atoms with van der Waals surface area (Å²) in [6.07, 6.45) is 0. The predicted molar refractivity (Wildman–Crippen MR) is 245 cm³/mol. The molecule has 0 spiro atoms. The maximum atomic E-state index is 7.56. The molecule has 1 aliphatic heterocycles. The summed E-state index contributed by atoms with van der Waals surface area (Å²) in [7, 11) is 0. The molecule has 0 radical (unpaired) electrons. The van der Waals surface area contributed by atoms with Gasteiger partial charge in [0.1, 0.15) is 5.75 Å². The molecule has 11 rings (SSSR count). The van der Waals surface area contributed by atoms with Crippen molar-refractivity contribution >= 4 is 0 Å². The molecular formula is C55H36N6O. The molecule has 0 saturated heterocycles. The Balaban J connectivity index is 1.13. The van der Waals surface area contributed by atoms with E-state index in [9.17, 15) is 0 Å². The molecule has 8 aromatic carbocycles. The van der Waals surface area contributed by atoms with Gasteiger partial charge in [-0.15, -0.1) is 0 Å². The van der Waals surface area contributed by atoms with Gasteiger partial charge in [-0.05, 0) is 23.8 Å². The lowest BCUT2D eigenvalue weighted by Gasteiger charge is -2.41. The number of aromatic nitrogens is 6. The molecule has 10 aromatic rings. The number of nitrogens with zero attached hydrogens (tertiary/aromatic N) is 6. The Morgan fingerprint density at radius 2 is 0.581 bits per heavy atom. The summed E-state index contributed by atoms with van der Waals surface area (Å²) in [5.41, 5.74) is 9.11. The Bertz CT molecular complexity index is 3030. The topological polar surface area (TPSA) is 86.6 Å². The highest BCUT2D eigenvalue weighted by molar-refractivity contribution is 5.84. The third-order valence-corrected chi connectivity index (χ3v) is 11.2. The van der Waals surface area contributed by atoms with E-state index < -0.39 is 5.60 Å². The molecule has 0 atom stereocenters. The van der Waals surface area contributed by atoms with E-state index in [4.69, 9.17) is 34.6 Å². The Morgan fingerprint density at radius 1 is 0.274 bits per heavy atom. The number of fused-ring (bicyclic) bond motifs is 3. The van der Waals surface area contributed by atoms with Gasteiger partial charge in [0.05, 0.1) is 0 Å². The summed E-state index contributed by atoms with van der Waals surface area (Å²) >= 11 is 0. The molecule has 2 aromatic heterocycles. The molecule has 0 bridgehead atoms. The van der Waals surface area contributed by atoms with Crippen molar-refractivity contribution in [1.82, 2.24) is 29.9 Å². The monoisotopic (exact) mass is 796 g/mol. The number of rotatable bonds is 8. The molecule has 7 heteroatoms. The highest BCUT2D eigenvalue weighted by atomic mass is 16.5. The van der Waals surface area contributed by atoms with Gasteiger partial charge in [0.25, 0.3) is 0 Å². The van der Waals surface area contributed by atoms with E-state index >= 15 is 0 Å². The molecule has 1 aliphatic rings. The van der Waals surface area contributed by atoms with Gasteiger partial charge in [-0.3, -0.25) is 0 Å². The molecule has 292 valence electrons. The van der Waals surface area contributed by atoms with E-state index in [-0.39, 0.29) is 0 Å². The van der Waals surface area contributed by atoms with Gasteiger partial charge in [0.2, 0.25) is 0 Å². The van der Waals surface area contributed by atoms with Crippen molar-refractivity contribution in [2.45, 2.75) is 5.60 Å². The van der Waals surface area contributed by atoms with Crippen LogP contribution in [0.5, 0.6) is 5.75 Å². The minimum absolute atomic E-state index is 0.550. The number of hydrogen-bond acceptors (Lipinski definition) is 7. The van der Waals surface area contributed by atoms with Crippen molar-refractivity contribution in [3.63, 3.8) is 0 Å². The van der Waals surface area contributed by atoms with Gasteiger partial charge in [-0.1, -0.05) is 200 Å². The highest BCUT2D eigenvalue weighted by Gasteiger charge is 2.45. The average molecular weight is 797 g/mol. The first-order valence-corrected chi connectivity index (χ1v) is 20.5. The van der Waals surface area contributed by atoms with Gasteiger partial charge in [-0.25, -0.2) is 29.9 Å². The molecular weight excluding hydrogens is 761 g/mol. The normalized spacial score (nSPS) is 12.5. The van der Waals surface area contributed by atoms with Crippen molar-refractivity contribution in [1.29, 1.82) is 0 Å². The first-order chi connectivity index (χ1) is 30.7. The Morgan fingerprint density at radius 3 is 0.952 bits per heavy atom. The van der Waals surface area contributed by atoms with Crippen LogP contribution in [0.1, 0.15) is 16.7 Å². The molecule has 0 saturated carbocycles. The second-order valence-corrected chi connectivity index (χ2v) is 15.1. The lowest BCUT2D eigenvalue weighted by Crippen LogP contribution is -2.38. The van der Waals surface area contributed by atoms with Crippen LogP contribution in [0.3, 0.4) is 0 Å². The van der Waals surface area contributed by atoms with Crippen LogP contribution in [-0.4, -0.2) is 29.9 Å². The van der Waals surface area contributed by atoms with Crippen LogP contribution >= 0.6 is 0 Å². The van der Waals surface area contributed by atoms with Crippen LogP contribution in [0.2, 0.25) is 0 Å². The van der Waals surface area contributed by atoms with E-state index in [2.05, 4.69) is 84.9 Å². The van der Waals surface area contributed by atoms with Gasteiger partial charge in [-0.2, -0.15) is 0 Å². The second-order valence-electron chi connectivity index (χ2n) is 15.1. The van der Waals surface area contributed by atoms with E-state index in [0.717, 1.165) is 61.2 Å². The fourth-order valence-corrected chi connectivity index (χ4v) is 8.21. The van der Waals surface area contributed by atoms with Gasteiger partial charge >= 0.3 is 0 Å². The fraction of sp³-hybridized carbons (Fsp3) is 0.0182. The predicted octanol–water partition coefficient (Wildman–Crippen LogP) is 12.4. The highest BCUT2D eigenvalue weighted by Crippen LogP contribution is 2.53. The SMILES string of the molecule is c1ccc(-c2nc(-c3ccccc3)nc(-c3ccc4c(c3)OC(c3ccccc3)(c3ccccc3)c3cc(-c5nc(-c6ccccc6)nc(-c6ccccc6)n5)ccc3-4)n2)cc1. The van der Waals surface area contributed by atoms with E-state index in [1.165, 1.54) is 0 Å². The maximum absolute atomic E-state index is 7.56. The minimum atomic E-state index is -1.07. The van der Waals surface area contributed by atoms with Crippen LogP contribution in [-0.2, 0) is 5.60 Å². The molecule has 7 nitrogen and oxygen atoms in total. The maximum Gasteiger partial charge on any atom is 0.185 e. The quantitative estimate of drug-likeness (QED) is 0.151. The fourth-order valence-electron chi connectivity index (χ4n) is 8.21. The zero-order valence-electron chi connectivity index (χ0n) is 33.4. The number of benzene rings is 8. The summed E-state index contributed by atoms with van der Waals surface area (Å²) < 4.78 is 7.56. The smallest absolute Gasteiger partial charge is 0.185 e. The number of hydrogen-bond donors (Lipinski definition) is 0. The van der Waals surface area contributed by atoms with Crippen LogP contribution in [0.25, 0.3) is 79.5 Å². The standard InChI is InChI=1S/C55H36N6O/c1-7-19-37(20-8-1)49-56-50(38-21-9-2-10-22-38)59-53(58-49)41-31-33-45-46-34-32-42(54-60-51(39-23-11-3-12-24-39)57-52(61-54)40-25-13-4-14-26-40)36-48(46)62-55(47(45)35-41,43-27-15-5-16-28-43)44-29-17-6-18-30-44/h1-36H. The summed E-state index contributed by atoms with van der Waals surface area (Å²) in [6.45, 7) is 0. The van der Waals surface area contributed by atoms with Gasteiger partial charge in [0.15, 0.2) is 40.5 Å². The third-order valence-electron chi connectivity index (χ3n) is 11.2. The average Bonchev–Trinajstić information content (AvgIpc) is 3.37. The lowest BCUT2D eigenvalue weighted by atomic mass is 9.74. The van der Waals surface area contributed by atoms with Crippen LogP contribution < -0.4 is 4.74 Å². The second kappa shape index (κ2) is 15.6. The molecule has 0 aliphatic carbocycles. The summed E-state index contributed by atoms with van der Waals surface area (Å²) in [4.78, 5) is 30.2. The van der Waals surface area contributed by atoms with Crippen LogP contribution in [0.4, 0.5) is 0 Å². The van der Waals surface area contributed by atoms with Crippen molar-refractivity contribution in [2.75, 3.05) is 0 Å². The van der Waals surface area contributed by atoms with Crippen molar-refractivity contribution < 1.29 is 4.74 Å². The van der Waals surface area contributed by atoms with Crippen LogP contribution in [0.15, 0.2) is 218 Å². The Hall–Kier alpha value is -8.42. The Labute approximate surface area is 359 Å². The molecule has 0 amide bonds. The van der Waals surface area contributed by atoms with E-state index in [0.29, 0.717) is 40.7 Å². The van der Waals surface area contributed by atoms with Crippen molar-refractivity contribution in [2.24, 2.45) is 0 Å². The van der Waals surface area contributed by atoms with E-state index in [1.807, 2.05) is 133 Å². The minimum Gasteiger partial charge on any atom is -0.472 e. The van der Waals surface area contributed by atoms with Crippen LogP contribution in [0, 0.1) is 0 Å². The third kappa shape index (κ3) is 6.68. The lowest BCUT2D eigenvalue weighted by molar-refractivity contribution is 0.152. The van der Waals surface area contributed by atoms with Crippen molar-refractivity contribution in [3.8, 4) is 85.2 Å². The Kier molecular flexibility index (Phi) is 9.24. The molecule has 3 heterocycles. The molecule has 0 unspecified atom stereocenters. The first-order valence-electron chi connectivity index (χ1n) is 20.5. The van der Waals surface area contributed by atoms with Gasteiger partial charge in [0, 0.05) is 55.6 Å². The zero-order chi connectivity index (χ0) is 41.3. The van der Waals surface area contributed by atoms with Gasteiger partial charge < -0.3 is 4.74 Å². The first kappa shape index (κ1) is 36.6. The molecule has 0 N–H and O–H groups in total. The largest absolute Gasteiger partial charge is 0.472 e. The molecule has 0 fully saturated rings. The van der Waals surface area contributed by atoms with E-state index in [1.54, 1.807) is 0 Å². The zero-order valence-corrected chi connectivity index (χ0v) is 33.4. The van der Waals surface area contributed by atoms with Crippen molar-refractivity contribution in [3.05, 3.63) is 235 Å². The summed E-state index contributed by atoms with van der Waals surface area (Å²) in [5.74, 6) is 4.21. The summed E-state index contributed by atoms with van der Waals surface area (Å²) in [6, 6.07) is 73.7. The molecule has 62 heavy (non-hydrogen) atoms. The summed E-state index contributed by atoms with van der Waals surface area (Å²) in [5, 5.41) is 0.